The van der Waals surface area contributed by atoms with Gasteiger partial charge in [-0.1, -0.05) is 42.5 Å². The minimum Gasteiger partial charge on any atom is -0.350 e. The maximum absolute atomic E-state index is 12.0. The molecule has 1 N–H and O–H groups in total. The summed E-state index contributed by atoms with van der Waals surface area (Å²) in [5, 5.41) is 3.44. The number of hydrogen-bond acceptors (Lipinski definition) is 3. The molecule has 0 spiro atoms. The monoisotopic (exact) mass is 282 g/mol. The molecule has 0 aliphatic heterocycles. The summed E-state index contributed by atoms with van der Waals surface area (Å²) >= 11 is 1.43. The van der Waals surface area contributed by atoms with E-state index in [9.17, 15) is 4.79 Å². The van der Waals surface area contributed by atoms with Gasteiger partial charge in [-0.05, 0) is 24.1 Å². The average molecular weight is 282 g/mol. The number of amides is 1. The Labute approximate surface area is 121 Å². The van der Waals surface area contributed by atoms with Crippen LogP contribution in [0.1, 0.15) is 15.4 Å². The molecule has 0 radical (unpaired) electrons. The van der Waals surface area contributed by atoms with Gasteiger partial charge in [-0.2, -0.15) is 0 Å². The van der Waals surface area contributed by atoms with Crippen molar-refractivity contribution in [3.8, 4) is 0 Å². The topological polar surface area (TPSA) is 42.0 Å². The molecular weight excluding hydrogens is 268 g/mol. The fourth-order valence-electron chi connectivity index (χ4n) is 2.01. The zero-order valence-corrected chi connectivity index (χ0v) is 11.7. The summed E-state index contributed by atoms with van der Waals surface area (Å²) in [6.07, 6.45) is 0.831. The van der Waals surface area contributed by atoms with Gasteiger partial charge in [-0.3, -0.25) is 4.79 Å². The molecule has 1 amide bonds. The summed E-state index contributed by atoms with van der Waals surface area (Å²) in [4.78, 5) is 16.4. The van der Waals surface area contributed by atoms with Gasteiger partial charge in [-0.25, -0.2) is 4.98 Å². The smallest absolute Gasteiger partial charge is 0.280 e. The molecule has 0 unspecified atom stereocenters. The number of rotatable bonds is 4. The van der Waals surface area contributed by atoms with E-state index in [2.05, 4.69) is 22.4 Å². The number of para-hydroxylation sites is 1. The molecule has 1 aromatic heterocycles. The van der Waals surface area contributed by atoms with Crippen LogP contribution < -0.4 is 5.32 Å². The zero-order chi connectivity index (χ0) is 13.8. The molecule has 0 saturated carbocycles. The summed E-state index contributed by atoms with van der Waals surface area (Å²) < 4.78 is 1.04. The van der Waals surface area contributed by atoms with Crippen LogP contribution in [0.2, 0.25) is 0 Å². The minimum absolute atomic E-state index is 0.0952. The predicted molar refractivity (Wildman–Crippen MR) is 82.1 cm³/mol. The maximum atomic E-state index is 12.0. The quantitative estimate of drug-likeness (QED) is 0.798. The molecule has 0 saturated heterocycles. The van der Waals surface area contributed by atoms with E-state index < -0.39 is 0 Å². The third-order valence-corrected chi connectivity index (χ3v) is 4.07. The first-order valence-corrected chi connectivity index (χ1v) is 7.32. The van der Waals surface area contributed by atoms with Crippen molar-refractivity contribution < 1.29 is 4.79 Å². The number of carbonyl (C=O) groups excluding carboxylic acids is 1. The molecule has 0 bridgehead atoms. The minimum atomic E-state index is -0.0952. The van der Waals surface area contributed by atoms with Crippen LogP contribution in [0.5, 0.6) is 0 Å². The standard InChI is InChI=1S/C16H14N2OS/c19-15(17-11-10-12-6-2-1-3-7-12)16-18-13-8-4-5-9-14(13)20-16/h1-9H,10-11H2,(H,17,19). The predicted octanol–water partition coefficient (Wildman–Crippen LogP) is 3.27. The molecule has 3 rings (SSSR count). The number of thiazole rings is 1. The number of nitrogens with zero attached hydrogens (tertiary/aromatic N) is 1. The molecule has 0 aliphatic rings. The van der Waals surface area contributed by atoms with Crippen LogP contribution in [0.4, 0.5) is 0 Å². The van der Waals surface area contributed by atoms with Crippen LogP contribution in [-0.2, 0) is 6.42 Å². The fourth-order valence-corrected chi connectivity index (χ4v) is 2.89. The Morgan fingerprint density at radius 3 is 2.60 bits per heavy atom. The van der Waals surface area contributed by atoms with Crippen LogP contribution in [0.25, 0.3) is 10.2 Å². The highest BCUT2D eigenvalue weighted by atomic mass is 32.1. The summed E-state index contributed by atoms with van der Waals surface area (Å²) in [7, 11) is 0. The Morgan fingerprint density at radius 1 is 1.05 bits per heavy atom. The van der Waals surface area contributed by atoms with Crippen molar-refractivity contribution >= 4 is 27.5 Å². The van der Waals surface area contributed by atoms with E-state index in [1.807, 2.05) is 42.5 Å². The van der Waals surface area contributed by atoms with Crippen molar-refractivity contribution in [1.82, 2.24) is 10.3 Å². The molecule has 2 aromatic carbocycles. The third kappa shape index (κ3) is 2.86. The van der Waals surface area contributed by atoms with E-state index in [-0.39, 0.29) is 5.91 Å². The van der Waals surface area contributed by atoms with Gasteiger partial charge in [0.25, 0.3) is 5.91 Å². The van der Waals surface area contributed by atoms with E-state index in [0.29, 0.717) is 11.6 Å². The Morgan fingerprint density at radius 2 is 1.80 bits per heavy atom. The molecular formula is C16H14N2OS. The second-order valence-electron chi connectivity index (χ2n) is 4.48. The van der Waals surface area contributed by atoms with Gasteiger partial charge in [0.15, 0.2) is 5.01 Å². The highest BCUT2D eigenvalue weighted by Crippen LogP contribution is 2.21. The molecule has 3 nitrogen and oxygen atoms in total. The molecule has 4 heteroatoms. The van der Waals surface area contributed by atoms with E-state index in [0.717, 1.165) is 16.6 Å². The second kappa shape index (κ2) is 5.84. The van der Waals surface area contributed by atoms with Crippen LogP contribution >= 0.6 is 11.3 Å². The Balaban J connectivity index is 1.61. The normalized spacial score (nSPS) is 10.6. The van der Waals surface area contributed by atoms with Crippen LogP contribution in [0.15, 0.2) is 54.6 Å². The van der Waals surface area contributed by atoms with Crippen LogP contribution in [0.3, 0.4) is 0 Å². The van der Waals surface area contributed by atoms with Gasteiger partial charge in [0, 0.05) is 6.54 Å². The molecule has 0 aliphatic carbocycles. The third-order valence-electron chi connectivity index (χ3n) is 3.03. The summed E-state index contributed by atoms with van der Waals surface area (Å²) in [5.41, 5.74) is 2.10. The van der Waals surface area contributed by atoms with Gasteiger partial charge in [-0.15, -0.1) is 11.3 Å². The fraction of sp³-hybridized carbons (Fsp3) is 0.125. The van der Waals surface area contributed by atoms with Crippen molar-refractivity contribution in [2.75, 3.05) is 6.54 Å². The SMILES string of the molecule is O=C(NCCc1ccccc1)c1nc2ccccc2s1. The van der Waals surface area contributed by atoms with Gasteiger partial charge >= 0.3 is 0 Å². The Kier molecular flexibility index (Phi) is 3.74. The van der Waals surface area contributed by atoms with Crippen LogP contribution in [-0.4, -0.2) is 17.4 Å². The van der Waals surface area contributed by atoms with Crippen molar-refractivity contribution in [1.29, 1.82) is 0 Å². The van der Waals surface area contributed by atoms with Gasteiger partial charge < -0.3 is 5.32 Å². The summed E-state index contributed by atoms with van der Waals surface area (Å²) in [5.74, 6) is -0.0952. The number of aromatic nitrogens is 1. The number of carbonyl (C=O) groups is 1. The summed E-state index contributed by atoms with van der Waals surface area (Å²) in [6.45, 7) is 0.624. The lowest BCUT2D eigenvalue weighted by molar-refractivity contribution is 0.0954. The first-order chi connectivity index (χ1) is 9.83. The van der Waals surface area contributed by atoms with Crippen molar-refractivity contribution in [2.45, 2.75) is 6.42 Å². The average Bonchev–Trinajstić information content (AvgIpc) is 2.92. The highest BCUT2D eigenvalue weighted by molar-refractivity contribution is 7.20. The molecule has 0 fully saturated rings. The number of hydrogen-bond donors (Lipinski definition) is 1. The largest absolute Gasteiger partial charge is 0.350 e. The molecule has 3 aromatic rings. The lowest BCUT2D eigenvalue weighted by atomic mass is 10.1. The maximum Gasteiger partial charge on any atom is 0.280 e. The van der Waals surface area contributed by atoms with E-state index in [1.54, 1.807) is 0 Å². The Hall–Kier alpha value is -2.20. The molecule has 20 heavy (non-hydrogen) atoms. The first-order valence-electron chi connectivity index (χ1n) is 6.50. The number of nitrogens with one attached hydrogen (secondary N) is 1. The van der Waals surface area contributed by atoms with Crippen molar-refractivity contribution in [3.63, 3.8) is 0 Å². The molecule has 1 heterocycles. The summed E-state index contributed by atoms with van der Waals surface area (Å²) in [6, 6.07) is 17.9. The number of fused-ring (bicyclic) bond motifs is 1. The van der Waals surface area contributed by atoms with E-state index in [1.165, 1.54) is 16.9 Å². The van der Waals surface area contributed by atoms with E-state index >= 15 is 0 Å². The second-order valence-corrected chi connectivity index (χ2v) is 5.51. The van der Waals surface area contributed by atoms with Crippen molar-refractivity contribution in [2.24, 2.45) is 0 Å². The first kappa shape index (κ1) is 12.8. The highest BCUT2D eigenvalue weighted by Gasteiger charge is 2.11. The lowest BCUT2D eigenvalue weighted by Crippen LogP contribution is -2.25. The lowest BCUT2D eigenvalue weighted by Gasteiger charge is -2.02. The Bertz CT molecular complexity index is 688. The van der Waals surface area contributed by atoms with Crippen molar-refractivity contribution in [3.05, 3.63) is 65.2 Å². The molecule has 0 atom stereocenters. The van der Waals surface area contributed by atoms with Gasteiger partial charge in [0.2, 0.25) is 0 Å². The number of benzene rings is 2. The van der Waals surface area contributed by atoms with E-state index in [4.69, 9.17) is 0 Å². The van der Waals surface area contributed by atoms with Gasteiger partial charge in [0.1, 0.15) is 0 Å². The van der Waals surface area contributed by atoms with Gasteiger partial charge in [0.05, 0.1) is 10.2 Å². The zero-order valence-electron chi connectivity index (χ0n) is 10.9. The van der Waals surface area contributed by atoms with Crippen LogP contribution in [0, 0.1) is 0 Å². The molecule has 100 valence electrons.